The van der Waals surface area contributed by atoms with Crippen LogP contribution in [0, 0.1) is 11.7 Å². The molecule has 1 aromatic carbocycles. The lowest BCUT2D eigenvalue weighted by Crippen LogP contribution is -2.54. The van der Waals surface area contributed by atoms with Crippen LogP contribution in [0.15, 0.2) is 12.1 Å². The number of amides is 1. The molecule has 2 N–H and O–H groups in total. The topological polar surface area (TPSA) is 50.4 Å². The number of rotatable bonds is 1. The minimum Gasteiger partial charge on any atom is -0.494 e. The van der Waals surface area contributed by atoms with E-state index in [2.05, 4.69) is 17.6 Å². The van der Waals surface area contributed by atoms with Crippen molar-refractivity contribution in [1.29, 1.82) is 0 Å². The number of carbonyl (C=O) groups excluding carboxylic acids is 1. The highest BCUT2D eigenvalue weighted by Gasteiger charge is 2.44. The first kappa shape index (κ1) is 13.2. The third-order valence-electron chi connectivity index (χ3n) is 4.48. The van der Waals surface area contributed by atoms with Gasteiger partial charge in [0.05, 0.1) is 18.5 Å². The van der Waals surface area contributed by atoms with Crippen molar-refractivity contribution in [2.24, 2.45) is 5.92 Å². The van der Waals surface area contributed by atoms with Gasteiger partial charge in [0.1, 0.15) is 5.54 Å². The SMILES string of the molecule is COc1cc2c(cc1F)NC(=O)C1(CCC(C)CC1)N2. The minimum absolute atomic E-state index is 0.0542. The molecule has 20 heavy (non-hydrogen) atoms. The molecule has 1 amide bonds. The fourth-order valence-electron chi connectivity index (χ4n) is 3.08. The van der Waals surface area contributed by atoms with Crippen LogP contribution < -0.4 is 15.4 Å². The molecule has 0 saturated heterocycles. The van der Waals surface area contributed by atoms with E-state index in [1.807, 2.05) is 0 Å². The molecular formula is C15H19FN2O2. The lowest BCUT2D eigenvalue weighted by atomic mass is 9.75. The predicted octanol–water partition coefficient (Wildman–Crippen LogP) is 3.15. The fourth-order valence-corrected chi connectivity index (χ4v) is 3.08. The average Bonchev–Trinajstić information content (AvgIpc) is 2.43. The number of ether oxygens (including phenoxy) is 1. The number of nitrogens with one attached hydrogen (secondary N) is 2. The van der Waals surface area contributed by atoms with Gasteiger partial charge in [-0.15, -0.1) is 0 Å². The smallest absolute Gasteiger partial charge is 0.250 e. The van der Waals surface area contributed by atoms with Gasteiger partial charge in [-0.3, -0.25) is 4.79 Å². The molecule has 4 nitrogen and oxygen atoms in total. The number of benzene rings is 1. The van der Waals surface area contributed by atoms with Crippen molar-refractivity contribution >= 4 is 17.3 Å². The Bertz CT molecular complexity index is 551. The highest BCUT2D eigenvalue weighted by atomic mass is 19.1. The first-order valence-corrected chi connectivity index (χ1v) is 7.01. The number of hydrogen-bond acceptors (Lipinski definition) is 3. The lowest BCUT2D eigenvalue weighted by molar-refractivity contribution is -0.121. The van der Waals surface area contributed by atoms with Crippen molar-refractivity contribution < 1.29 is 13.9 Å². The Labute approximate surface area is 117 Å². The number of carbonyl (C=O) groups is 1. The van der Waals surface area contributed by atoms with Gasteiger partial charge in [-0.2, -0.15) is 0 Å². The molecule has 1 aliphatic carbocycles. The molecule has 5 heteroatoms. The summed E-state index contributed by atoms with van der Waals surface area (Å²) in [6.45, 7) is 2.21. The maximum Gasteiger partial charge on any atom is 0.250 e. The molecule has 1 aliphatic heterocycles. The summed E-state index contributed by atoms with van der Waals surface area (Å²) in [5.74, 6) is 0.314. The molecule has 108 valence electrons. The van der Waals surface area contributed by atoms with Crippen LogP contribution in [0.5, 0.6) is 5.75 Å². The zero-order chi connectivity index (χ0) is 14.3. The standard InChI is InChI=1S/C15H19FN2O2/c1-9-3-5-15(6-4-9)14(19)17-11-7-10(16)13(20-2)8-12(11)18-15/h7-9,18H,3-6H2,1-2H3,(H,17,19). The van der Waals surface area contributed by atoms with Crippen LogP contribution in [0.25, 0.3) is 0 Å². The van der Waals surface area contributed by atoms with Crippen LogP contribution in [0.3, 0.4) is 0 Å². The monoisotopic (exact) mass is 278 g/mol. The summed E-state index contributed by atoms with van der Waals surface area (Å²) >= 11 is 0. The second kappa shape index (κ2) is 4.65. The number of anilines is 2. The predicted molar refractivity (Wildman–Crippen MR) is 75.6 cm³/mol. The van der Waals surface area contributed by atoms with Crippen LogP contribution in [-0.2, 0) is 4.79 Å². The molecule has 1 heterocycles. The van der Waals surface area contributed by atoms with Gasteiger partial charge in [-0.05, 0) is 31.6 Å². The van der Waals surface area contributed by atoms with Gasteiger partial charge in [0.2, 0.25) is 5.91 Å². The summed E-state index contributed by atoms with van der Waals surface area (Å²) in [5.41, 5.74) is 0.664. The van der Waals surface area contributed by atoms with Crippen molar-refractivity contribution in [3.05, 3.63) is 17.9 Å². The van der Waals surface area contributed by atoms with Gasteiger partial charge >= 0.3 is 0 Å². The van der Waals surface area contributed by atoms with Crippen LogP contribution >= 0.6 is 0 Å². The molecule has 1 spiro atoms. The van der Waals surface area contributed by atoms with Crippen LogP contribution in [0.1, 0.15) is 32.6 Å². The Morgan fingerprint density at radius 2 is 2.00 bits per heavy atom. The Kier molecular flexibility index (Phi) is 3.07. The first-order valence-electron chi connectivity index (χ1n) is 7.01. The van der Waals surface area contributed by atoms with E-state index in [1.165, 1.54) is 13.2 Å². The number of halogens is 1. The molecule has 0 bridgehead atoms. The molecular weight excluding hydrogens is 259 g/mol. The molecule has 1 fully saturated rings. The summed E-state index contributed by atoms with van der Waals surface area (Å²) in [4.78, 5) is 12.4. The van der Waals surface area contributed by atoms with Crippen molar-refractivity contribution in [3.8, 4) is 5.75 Å². The normalized spacial score (nSPS) is 28.6. The maximum atomic E-state index is 13.7. The largest absolute Gasteiger partial charge is 0.494 e. The Morgan fingerprint density at radius 1 is 1.30 bits per heavy atom. The van der Waals surface area contributed by atoms with E-state index in [4.69, 9.17) is 4.74 Å². The molecule has 3 rings (SSSR count). The van der Waals surface area contributed by atoms with Gasteiger partial charge in [0, 0.05) is 12.1 Å². The van der Waals surface area contributed by atoms with E-state index in [9.17, 15) is 9.18 Å². The highest BCUT2D eigenvalue weighted by Crippen LogP contribution is 2.42. The third-order valence-corrected chi connectivity index (χ3v) is 4.48. The summed E-state index contributed by atoms with van der Waals surface area (Å²) < 4.78 is 18.7. The molecule has 0 atom stereocenters. The second-order valence-electron chi connectivity index (χ2n) is 5.88. The minimum atomic E-state index is -0.553. The quantitative estimate of drug-likeness (QED) is 0.829. The second-order valence-corrected chi connectivity index (χ2v) is 5.88. The van der Waals surface area contributed by atoms with E-state index in [-0.39, 0.29) is 11.7 Å². The summed E-state index contributed by atoms with van der Waals surface area (Å²) in [6, 6.07) is 2.92. The zero-order valence-corrected chi connectivity index (χ0v) is 11.8. The van der Waals surface area contributed by atoms with Crippen molar-refractivity contribution in [2.75, 3.05) is 17.7 Å². The number of fused-ring (bicyclic) bond motifs is 1. The lowest BCUT2D eigenvalue weighted by Gasteiger charge is -2.42. The maximum absolute atomic E-state index is 13.7. The summed E-state index contributed by atoms with van der Waals surface area (Å²) in [6.07, 6.45) is 3.65. The zero-order valence-electron chi connectivity index (χ0n) is 11.8. The van der Waals surface area contributed by atoms with Gasteiger partial charge in [-0.25, -0.2) is 4.39 Å². The molecule has 2 aliphatic rings. The van der Waals surface area contributed by atoms with Crippen molar-refractivity contribution in [2.45, 2.75) is 38.1 Å². The Morgan fingerprint density at radius 3 is 2.65 bits per heavy atom. The van der Waals surface area contributed by atoms with Crippen molar-refractivity contribution in [1.82, 2.24) is 0 Å². The van der Waals surface area contributed by atoms with E-state index >= 15 is 0 Å². The molecule has 0 unspecified atom stereocenters. The van der Waals surface area contributed by atoms with Crippen LogP contribution in [0.2, 0.25) is 0 Å². The van der Waals surface area contributed by atoms with Gasteiger partial charge in [0.25, 0.3) is 0 Å². The van der Waals surface area contributed by atoms with Crippen molar-refractivity contribution in [3.63, 3.8) is 0 Å². The van der Waals surface area contributed by atoms with Crippen LogP contribution in [0.4, 0.5) is 15.8 Å². The third kappa shape index (κ3) is 2.01. The van der Waals surface area contributed by atoms with E-state index < -0.39 is 11.4 Å². The summed E-state index contributed by atoms with van der Waals surface area (Å²) in [7, 11) is 1.43. The molecule has 1 aromatic rings. The first-order chi connectivity index (χ1) is 9.54. The molecule has 0 radical (unpaired) electrons. The molecule has 1 saturated carbocycles. The fraction of sp³-hybridized carbons (Fsp3) is 0.533. The Balaban J connectivity index is 1.95. The van der Waals surface area contributed by atoms with Gasteiger partial charge in [0.15, 0.2) is 11.6 Å². The van der Waals surface area contributed by atoms with E-state index in [1.54, 1.807) is 6.07 Å². The Hall–Kier alpha value is -1.78. The number of methoxy groups -OCH3 is 1. The van der Waals surface area contributed by atoms with Gasteiger partial charge in [-0.1, -0.05) is 6.92 Å². The van der Waals surface area contributed by atoms with Gasteiger partial charge < -0.3 is 15.4 Å². The van der Waals surface area contributed by atoms with E-state index in [0.717, 1.165) is 31.4 Å². The van der Waals surface area contributed by atoms with Crippen LogP contribution in [-0.4, -0.2) is 18.6 Å². The molecule has 0 aromatic heterocycles. The number of hydrogen-bond donors (Lipinski definition) is 2. The summed E-state index contributed by atoms with van der Waals surface area (Å²) in [5, 5.41) is 6.16. The highest BCUT2D eigenvalue weighted by molar-refractivity contribution is 6.06. The van der Waals surface area contributed by atoms with E-state index in [0.29, 0.717) is 11.6 Å². The average molecular weight is 278 g/mol.